The molecule has 0 fully saturated rings. The van der Waals surface area contributed by atoms with Gasteiger partial charge >= 0.3 is 0 Å². The fraction of sp³-hybridized carbons (Fsp3) is 0.217. The van der Waals surface area contributed by atoms with E-state index in [9.17, 15) is 8.42 Å². The molecule has 0 aliphatic rings. The molecule has 0 spiro atoms. The van der Waals surface area contributed by atoms with E-state index in [0.29, 0.717) is 17.2 Å². The lowest BCUT2D eigenvalue weighted by atomic mass is 10.1. The van der Waals surface area contributed by atoms with Gasteiger partial charge in [-0.2, -0.15) is 0 Å². The van der Waals surface area contributed by atoms with Crippen molar-refractivity contribution < 1.29 is 17.9 Å². The summed E-state index contributed by atoms with van der Waals surface area (Å²) in [4.78, 5) is 0.243. The lowest BCUT2D eigenvalue weighted by Gasteiger charge is -2.26. The van der Waals surface area contributed by atoms with E-state index in [1.54, 1.807) is 50.6 Å². The number of anilines is 1. The lowest BCUT2D eigenvalue weighted by molar-refractivity contribution is 0.394. The number of nitrogens with zero attached hydrogens (tertiary/aromatic N) is 1. The van der Waals surface area contributed by atoms with Crippen LogP contribution in [0.3, 0.4) is 0 Å². The predicted octanol–water partition coefficient (Wildman–Crippen LogP) is 4.72. The zero-order valence-electron chi connectivity index (χ0n) is 17.0. The standard InChI is InChI=1S/C23H25NO4S/c1-17-7-5-9-19(11-17)16-24(20-13-21(27-3)15-22(14-20)28-4)29(25,26)23-10-6-8-18(2)12-23/h5-15H,16H2,1-4H3. The molecule has 0 saturated heterocycles. The number of ether oxygens (including phenoxy) is 2. The molecule has 0 N–H and O–H groups in total. The molecule has 0 bridgehead atoms. The van der Waals surface area contributed by atoms with Crippen molar-refractivity contribution in [2.45, 2.75) is 25.3 Å². The molecule has 0 heterocycles. The van der Waals surface area contributed by atoms with Gasteiger partial charge in [0.15, 0.2) is 0 Å². The normalized spacial score (nSPS) is 11.2. The maximum Gasteiger partial charge on any atom is 0.264 e. The van der Waals surface area contributed by atoms with Crippen LogP contribution in [0.4, 0.5) is 5.69 Å². The molecule has 3 aromatic carbocycles. The second-order valence-electron chi connectivity index (χ2n) is 6.89. The average molecular weight is 412 g/mol. The molecule has 0 amide bonds. The van der Waals surface area contributed by atoms with Crippen LogP contribution in [0.25, 0.3) is 0 Å². The van der Waals surface area contributed by atoms with Gasteiger partial charge in [-0.3, -0.25) is 4.31 Å². The molecule has 0 aliphatic carbocycles. The summed E-state index contributed by atoms with van der Waals surface area (Å²) in [7, 11) is -0.735. The third-order valence-electron chi connectivity index (χ3n) is 4.61. The summed E-state index contributed by atoms with van der Waals surface area (Å²) in [6.45, 7) is 4.05. The Morgan fingerprint density at radius 2 is 1.38 bits per heavy atom. The quantitative estimate of drug-likeness (QED) is 0.565. The molecule has 0 atom stereocenters. The molecule has 0 saturated carbocycles. The summed E-state index contributed by atoms with van der Waals surface area (Å²) >= 11 is 0. The van der Waals surface area contributed by atoms with Gasteiger partial charge in [-0.15, -0.1) is 0 Å². The van der Waals surface area contributed by atoms with E-state index in [0.717, 1.165) is 16.7 Å². The van der Waals surface area contributed by atoms with Gasteiger partial charge in [0.25, 0.3) is 10.0 Å². The molecular formula is C23H25NO4S. The Bertz CT molecular complexity index is 1090. The summed E-state index contributed by atoms with van der Waals surface area (Å²) in [5.41, 5.74) is 3.32. The number of sulfonamides is 1. The lowest BCUT2D eigenvalue weighted by Crippen LogP contribution is -2.30. The molecule has 29 heavy (non-hydrogen) atoms. The van der Waals surface area contributed by atoms with Gasteiger partial charge in [0.05, 0.1) is 31.3 Å². The van der Waals surface area contributed by atoms with Crippen molar-refractivity contribution in [2.75, 3.05) is 18.5 Å². The molecule has 3 aromatic rings. The van der Waals surface area contributed by atoms with E-state index < -0.39 is 10.0 Å². The van der Waals surface area contributed by atoms with Gasteiger partial charge in [-0.1, -0.05) is 42.0 Å². The van der Waals surface area contributed by atoms with E-state index in [2.05, 4.69) is 0 Å². The van der Waals surface area contributed by atoms with Crippen LogP contribution in [0.2, 0.25) is 0 Å². The maximum absolute atomic E-state index is 13.6. The van der Waals surface area contributed by atoms with Crippen molar-refractivity contribution in [3.8, 4) is 11.5 Å². The molecule has 5 nitrogen and oxygen atoms in total. The van der Waals surface area contributed by atoms with Gasteiger partial charge in [-0.05, 0) is 37.1 Å². The van der Waals surface area contributed by atoms with Crippen molar-refractivity contribution in [1.82, 2.24) is 0 Å². The summed E-state index contributed by atoms with van der Waals surface area (Å²) in [6, 6.07) is 19.8. The smallest absolute Gasteiger partial charge is 0.264 e. The molecule has 0 unspecified atom stereocenters. The van der Waals surface area contributed by atoms with Crippen molar-refractivity contribution in [3.63, 3.8) is 0 Å². The van der Waals surface area contributed by atoms with Crippen LogP contribution in [0.1, 0.15) is 16.7 Å². The van der Waals surface area contributed by atoms with Crippen LogP contribution < -0.4 is 13.8 Å². The fourth-order valence-electron chi connectivity index (χ4n) is 3.13. The van der Waals surface area contributed by atoms with Gasteiger partial charge in [0.2, 0.25) is 0 Å². The molecule has 3 rings (SSSR count). The first kappa shape index (κ1) is 20.7. The van der Waals surface area contributed by atoms with Gasteiger partial charge in [0.1, 0.15) is 11.5 Å². The highest BCUT2D eigenvalue weighted by molar-refractivity contribution is 7.92. The summed E-state index contributed by atoms with van der Waals surface area (Å²) < 4.78 is 39.3. The maximum atomic E-state index is 13.6. The minimum absolute atomic E-state index is 0.189. The second-order valence-corrected chi connectivity index (χ2v) is 8.75. The number of methoxy groups -OCH3 is 2. The van der Waals surface area contributed by atoms with Gasteiger partial charge in [-0.25, -0.2) is 8.42 Å². The molecule has 152 valence electrons. The second kappa shape index (κ2) is 8.57. The van der Waals surface area contributed by atoms with Crippen molar-refractivity contribution in [3.05, 3.63) is 83.4 Å². The fourth-order valence-corrected chi connectivity index (χ4v) is 4.67. The first-order valence-corrected chi connectivity index (χ1v) is 10.7. The topological polar surface area (TPSA) is 55.8 Å². The number of aryl methyl sites for hydroxylation is 2. The Morgan fingerprint density at radius 3 is 1.93 bits per heavy atom. The monoisotopic (exact) mass is 411 g/mol. The molecule has 6 heteroatoms. The highest BCUT2D eigenvalue weighted by Gasteiger charge is 2.26. The van der Waals surface area contributed by atoms with Crippen LogP contribution in [0, 0.1) is 13.8 Å². The minimum atomic E-state index is -3.82. The zero-order chi connectivity index (χ0) is 21.0. The van der Waals surface area contributed by atoms with Gasteiger partial charge < -0.3 is 9.47 Å². The van der Waals surface area contributed by atoms with Crippen LogP contribution in [0.15, 0.2) is 71.6 Å². The highest BCUT2D eigenvalue weighted by Crippen LogP contribution is 2.33. The third-order valence-corrected chi connectivity index (χ3v) is 6.38. The number of rotatable bonds is 7. The van der Waals surface area contributed by atoms with E-state index in [-0.39, 0.29) is 11.4 Å². The predicted molar refractivity (Wildman–Crippen MR) is 115 cm³/mol. The number of hydrogen-bond donors (Lipinski definition) is 0. The Morgan fingerprint density at radius 1 is 0.793 bits per heavy atom. The number of hydrogen-bond acceptors (Lipinski definition) is 4. The van der Waals surface area contributed by atoms with Crippen LogP contribution in [-0.2, 0) is 16.6 Å². The van der Waals surface area contributed by atoms with Crippen molar-refractivity contribution in [2.24, 2.45) is 0 Å². The van der Waals surface area contributed by atoms with Crippen molar-refractivity contribution in [1.29, 1.82) is 0 Å². The SMILES string of the molecule is COc1cc(OC)cc(N(Cc2cccc(C)c2)S(=O)(=O)c2cccc(C)c2)c1. The Balaban J connectivity index is 2.16. The highest BCUT2D eigenvalue weighted by atomic mass is 32.2. The first-order valence-electron chi connectivity index (χ1n) is 9.21. The Hall–Kier alpha value is -2.99. The van der Waals surface area contributed by atoms with Crippen LogP contribution in [0.5, 0.6) is 11.5 Å². The Kier molecular flexibility index (Phi) is 6.13. The van der Waals surface area contributed by atoms with Crippen molar-refractivity contribution >= 4 is 15.7 Å². The van der Waals surface area contributed by atoms with E-state index in [1.807, 2.05) is 44.2 Å². The van der Waals surface area contributed by atoms with Crippen LogP contribution in [-0.4, -0.2) is 22.6 Å². The van der Waals surface area contributed by atoms with E-state index >= 15 is 0 Å². The largest absolute Gasteiger partial charge is 0.497 e. The van der Waals surface area contributed by atoms with E-state index in [1.165, 1.54) is 4.31 Å². The molecular weight excluding hydrogens is 386 g/mol. The average Bonchev–Trinajstić information content (AvgIpc) is 2.71. The molecule has 0 aliphatic heterocycles. The van der Waals surface area contributed by atoms with E-state index in [4.69, 9.17) is 9.47 Å². The summed E-state index contributed by atoms with van der Waals surface area (Å²) in [6.07, 6.45) is 0. The van der Waals surface area contributed by atoms with Crippen LogP contribution >= 0.6 is 0 Å². The number of benzene rings is 3. The minimum Gasteiger partial charge on any atom is -0.497 e. The first-order chi connectivity index (χ1) is 13.8. The third kappa shape index (κ3) is 4.71. The summed E-state index contributed by atoms with van der Waals surface area (Å²) in [5, 5.41) is 0. The zero-order valence-corrected chi connectivity index (χ0v) is 17.9. The van der Waals surface area contributed by atoms with Gasteiger partial charge in [0, 0.05) is 18.2 Å². The Labute approximate surface area is 172 Å². The molecule has 0 aromatic heterocycles. The molecule has 0 radical (unpaired) electrons. The summed E-state index contributed by atoms with van der Waals surface area (Å²) in [5.74, 6) is 1.04.